The van der Waals surface area contributed by atoms with Gasteiger partial charge in [-0.3, -0.25) is 0 Å². The van der Waals surface area contributed by atoms with Gasteiger partial charge in [-0.05, 0) is 37.3 Å². The van der Waals surface area contributed by atoms with E-state index >= 15 is 0 Å². The van der Waals surface area contributed by atoms with E-state index in [1.165, 1.54) is 5.56 Å². The Balaban J connectivity index is 2.99. The number of rotatable bonds is 3. The van der Waals surface area contributed by atoms with Crippen LogP contribution in [0.15, 0.2) is 10.5 Å². The van der Waals surface area contributed by atoms with Crippen LogP contribution in [0.4, 0.5) is 0 Å². The molecule has 1 heteroatoms. The van der Waals surface area contributed by atoms with Crippen LogP contribution in [0.3, 0.4) is 0 Å². The van der Waals surface area contributed by atoms with Gasteiger partial charge in [0.05, 0.1) is 0 Å². The second-order valence-corrected chi connectivity index (χ2v) is 4.90. The first-order chi connectivity index (χ1) is 6.43. The van der Waals surface area contributed by atoms with E-state index in [2.05, 4.69) is 40.7 Å². The van der Waals surface area contributed by atoms with Crippen molar-refractivity contribution in [3.63, 3.8) is 0 Å². The van der Waals surface area contributed by atoms with Gasteiger partial charge in [-0.25, -0.2) is 0 Å². The molecule has 1 nitrogen and oxygen atoms in total. The molecule has 0 amide bonds. The normalized spacial score (nSPS) is 12.1. The molecular formula is C13H22O. The van der Waals surface area contributed by atoms with Crippen molar-refractivity contribution < 1.29 is 4.42 Å². The fraction of sp³-hybridized carbons (Fsp3) is 0.692. The molecular weight excluding hydrogens is 172 g/mol. The zero-order valence-corrected chi connectivity index (χ0v) is 10.2. The smallest absolute Gasteiger partial charge is 0.108 e. The Morgan fingerprint density at radius 3 is 1.79 bits per heavy atom. The van der Waals surface area contributed by atoms with E-state index in [-0.39, 0.29) is 0 Å². The predicted octanol–water partition coefficient (Wildman–Crippen LogP) is 4.29. The molecule has 14 heavy (non-hydrogen) atoms. The second-order valence-electron chi connectivity index (χ2n) is 4.90. The van der Waals surface area contributed by atoms with E-state index in [0.29, 0.717) is 17.8 Å². The van der Waals surface area contributed by atoms with Crippen LogP contribution < -0.4 is 0 Å². The van der Waals surface area contributed by atoms with Gasteiger partial charge >= 0.3 is 0 Å². The molecule has 0 fully saturated rings. The predicted molar refractivity (Wildman–Crippen MR) is 60.6 cm³/mol. The monoisotopic (exact) mass is 194 g/mol. The quantitative estimate of drug-likeness (QED) is 0.699. The summed E-state index contributed by atoms with van der Waals surface area (Å²) in [6, 6.07) is 2.19. The van der Waals surface area contributed by atoms with Crippen LogP contribution in [0.5, 0.6) is 0 Å². The Kier molecular flexibility index (Phi) is 3.41. The lowest BCUT2D eigenvalue weighted by atomic mass is 9.83. The van der Waals surface area contributed by atoms with Gasteiger partial charge in [-0.1, -0.05) is 27.7 Å². The van der Waals surface area contributed by atoms with Crippen LogP contribution in [-0.2, 0) is 0 Å². The molecule has 0 unspecified atom stereocenters. The highest BCUT2D eigenvalue weighted by atomic mass is 16.3. The Morgan fingerprint density at radius 1 is 1.00 bits per heavy atom. The summed E-state index contributed by atoms with van der Waals surface area (Å²) in [7, 11) is 0. The highest BCUT2D eigenvalue weighted by Gasteiger charge is 2.23. The molecule has 80 valence electrons. The van der Waals surface area contributed by atoms with Crippen molar-refractivity contribution in [1.29, 1.82) is 0 Å². The maximum atomic E-state index is 5.80. The van der Waals surface area contributed by atoms with Crippen LogP contribution >= 0.6 is 0 Å². The molecule has 0 aliphatic rings. The van der Waals surface area contributed by atoms with Gasteiger partial charge in [-0.2, -0.15) is 0 Å². The first-order valence-electron chi connectivity index (χ1n) is 5.50. The van der Waals surface area contributed by atoms with Crippen LogP contribution in [0.1, 0.15) is 50.7 Å². The molecule has 1 rings (SSSR count). The van der Waals surface area contributed by atoms with E-state index in [1.807, 2.05) is 6.92 Å². The molecule has 0 N–H and O–H groups in total. The molecule has 0 spiro atoms. The van der Waals surface area contributed by atoms with E-state index in [4.69, 9.17) is 4.42 Å². The summed E-state index contributed by atoms with van der Waals surface area (Å²) in [4.78, 5) is 0. The lowest BCUT2D eigenvalue weighted by Crippen LogP contribution is -2.12. The third-order valence-electron chi connectivity index (χ3n) is 2.95. The van der Waals surface area contributed by atoms with Crippen LogP contribution in [0.2, 0.25) is 0 Å². The number of furan rings is 1. The molecule has 1 aromatic rings. The first-order valence-corrected chi connectivity index (χ1v) is 5.50. The molecule has 0 aliphatic heterocycles. The molecule has 0 aromatic carbocycles. The summed E-state index contributed by atoms with van der Waals surface area (Å²) in [5.74, 6) is 4.04. The minimum absolute atomic E-state index is 0.544. The Bertz CT molecular complexity index is 267. The first kappa shape index (κ1) is 11.4. The van der Waals surface area contributed by atoms with E-state index in [9.17, 15) is 0 Å². The summed E-state index contributed by atoms with van der Waals surface area (Å²) < 4.78 is 5.80. The molecule has 0 atom stereocenters. The Hall–Kier alpha value is -0.720. The van der Waals surface area contributed by atoms with Gasteiger partial charge in [0, 0.05) is 5.92 Å². The van der Waals surface area contributed by atoms with E-state index in [1.54, 1.807) is 0 Å². The minimum atomic E-state index is 0.544. The van der Waals surface area contributed by atoms with Crippen molar-refractivity contribution in [3.05, 3.63) is 23.2 Å². The van der Waals surface area contributed by atoms with Crippen LogP contribution in [-0.4, -0.2) is 0 Å². The fourth-order valence-corrected chi connectivity index (χ4v) is 2.19. The SMILES string of the molecule is Cc1cc(C(C(C)C)C(C)C)oc1C. The average Bonchev–Trinajstić information content (AvgIpc) is 2.29. The van der Waals surface area contributed by atoms with Gasteiger partial charge in [0.1, 0.15) is 11.5 Å². The van der Waals surface area contributed by atoms with Crippen molar-refractivity contribution in [2.75, 3.05) is 0 Å². The van der Waals surface area contributed by atoms with Crippen molar-refractivity contribution in [1.82, 2.24) is 0 Å². The summed E-state index contributed by atoms with van der Waals surface area (Å²) in [6.45, 7) is 13.2. The molecule has 0 radical (unpaired) electrons. The van der Waals surface area contributed by atoms with Gasteiger partial charge in [0.15, 0.2) is 0 Å². The van der Waals surface area contributed by atoms with Crippen molar-refractivity contribution in [3.8, 4) is 0 Å². The van der Waals surface area contributed by atoms with Crippen molar-refractivity contribution in [2.24, 2.45) is 11.8 Å². The maximum Gasteiger partial charge on any atom is 0.108 e. The van der Waals surface area contributed by atoms with Gasteiger partial charge < -0.3 is 4.42 Å². The number of aryl methyl sites for hydroxylation is 2. The number of hydrogen-bond acceptors (Lipinski definition) is 1. The van der Waals surface area contributed by atoms with E-state index < -0.39 is 0 Å². The summed E-state index contributed by atoms with van der Waals surface area (Å²) in [6.07, 6.45) is 0. The zero-order valence-electron chi connectivity index (χ0n) is 10.2. The molecule has 0 bridgehead atoms. The van der Waals surface area contributed by atoms with Gasteiger partial charge in [0.25, 0.3) is 0 Å². The number of hydrogen-bond donors (Lipinski definition) is 0. The maximum absolute atomic E-state index is 5.80. The Labute approximate surface area is 87.5 Å². The van der Waals surface area contributed by atoms with Crippen molar-refractivity contribution >= 4 is 0 Å². The van der Waals surface area contributed by atoms with Crippen LogP contribution in [0, 0.1) is 25.7 Å². The fourth-order valence-electron chi connectivity index (χ4n) is 2.19. The van der Waals surface area contributed by atoms with Gasteiger partial charge in [-0.15, -0.1) is 0 Å². The summed E-state index contributed by atoms with van der Waals surface area (Å²) >= 11 is 0. The molecule has 0 saturated carbocycles. The summed E-state index contributed by atoms with van der Waals surface area (Å²) in [5.41, 5.74) is 1.27. The standard InChI is InChI=1S/C13H22O/c1-8(2)13(9(3)4)12-7-10(5)11(6)14-12/h7-9,13H,1-6H3. The van der Waals surface area contributed by atoms with Crippen LogP contribution in [0.25, 0.3) is 0 Å². The minimum Gasteiger partial charge on any atom is -0.466 e. The largest absolute Gasteiger partial charge is 0.466 e. The molecule has 1 heterocycles. The highest BCUT2D eigenvalue weighted by Crippen LogP contribution is 2.33. The summed E-state index contributed by atoms with van der Waals surface area (Å²) in [5, 5.41) is 0. The lowest BCUT2D eigenvalue weighted by molar-refractivity contribution is 0.319. The second kappa shape index (κ2) is 4.20. The third-order valence-corrected chi connectivity index (χ3v) is 2.95. The molecule has 1 aromatic heterocycles. The molecule has 0 saturated heterocycles. The Morgan fingerprint density at radius 2 is 1.50 bits per heavy atom. The lowest BCUT2D eigenvalue weighted by Gasteiger charge is -2.22. The third kappa shape index (κ3) is 2.20. The van der Waals surface area contributed by atoms with E-state index in [0.717, 1.165) is 11.5 Å². The topological polar surface area (TPSA) is 13.1 Å². The highest BCUT2D eigenvalue weighted by molar-refractivity contribution is 5.21. The average molecular weight is 194 g/mol. The zero-order chi connectivity index (χ0) is 10.9. The molecule has 0 aliphatic carbocycles. The van der Waals surface area contributed by atoms with Gasteiger partial charge in [0.2, 0.25) is 0 Å². The van der Waals surface area contributed by atoms with Crippen molar-refractivity contribution in [2.45, 2.75) is 47.5 Å².